The van der Waals surface area contributed by atoms with Crippen molar-refractivity contribution in [2.45, 2.75) is 19.6 Å². The van der Waals surface area contributed by atoms with Gasteiger partial charge in [-0.05, 0) is 55.4 Å². The fourth-order valence-corrected chi connectivity index (χ4v) is 5.15. The van der Waals surface area contributed by atoms with E-state index in [0.29, 0.717) is 23.1 Å². The van der Waals surface area contributed by atoms with E-state index in [9.17, 15) is 4.39 Å². The van der Waals surface area contributed by atoms with E-state index in [2.05, 4.69) is 22.0 Å². The quantitative estimate of drug-likeness (QED) is 0.419. The molecule has 0 spiro atoms. The molecule has 4 aromatic heterocycles. The monoisotopic (exact) mass is 435 g/mol. The number of benzene rings is 1. The molecule has 156 valence electrons. The summed E-state index contributed by atoms with van der Waals surface area (Å²) in [5.74, 6) is 1.99. The number of aromatic nitrogens is 4. The fraction of sp³-hybridized carbons (Fsp3) is 0.227. The highest BCUT2D eigenvalue weighted by Gasteiger charge is 2.23. The van der Waals surface area contributed by atoms with Gasteiger partial charge in [0.25, 0.3) is 0 Å². The molecule has 7 nitrogen and oxygen atoms in total. The van der Waals surface area contributed by atoms with E-state index in [1.165, 1.54) is 22.6 Å². The third-order valence-electron chi connectivity index (χ3n) is 5.45. The van der Waals surface area contributed by atoms with Crippen molar-refractivity contribution in [3.63, 3.8) is 0 Å². The third kappa shape index (κ3) is 3.26. The molecule has 0 amide bonds. The minimum Gasteiger partial charge on any atom is -0.486 e. The van der Waals surface area contributed by atoms with Crippen LogP contribution in [-0.4, -0.2) is 38.1 Å². The van der Waals surface area contributed by atoms with Gasteiger partial charge in [-0.15, -0.1) is 16.4 Å². The Morgan fingerprint density at radius 3 is 2.94 bits per heavy atom. The molecular formula is C22H18FN5O2S. The van der Waals surface area contributed by atoms with E-state index >= 15 is 0 Å². The lowest BCUT2D eigenvalue weighted by atomic mass is 10.1. The van der Waals surface area contributed by atoms with Gasteiger partial charge in [0.1, 0.15) is 35.1 Å². The predicted molar refractivity (Wildman–Crippen MR) is 115 cm³/mol. The van der Waals surface area contributed by atoms with Crippen molar-refractivity contribution in [1.29, 1.82) is 0 Å². The molecule has 0 saturated carbocycles. The Labute approximate surface area is 180 Å². The molecule has 31 heavy (non-hydrogen) atoms. The van der Waals surface area contributed by atoms with Crippen molar-refractivity contribution >= 4 is 27.2 Å². The Morgan fingerprint density at radius 1 is 1.19 bits per heavy atom. The smallest absolute Gasteiger partial charge is 0.217 e. The van der Waals surface area contributed by atoms with Crippen molar-refractivity contribution < 1.29 is 13.5 Å². The number of ether oxygens (including phenoxy) is 1. The van der Waals surface area contributed by atoms with Crippen LogP contribution in [-0.2, 0) is 19.6 Å². The Morgan fingerprint density at radius 2 is 2.06 bits per heavy atom. The second-order valence-corrected chi connectivity index (χ2v) is 8.71. The van der Waals surface area contributed by atoms with Gasteiger partial charge in [-0.3, -0.25) is 0 Å². The Kier molecular flexibility index (Phi) is 4.25. The van der Waals surface area contributed by atoms with Gasteiger partial charge in [0.15, 0.2) is 11.4 Å². The van der Waals surface area contributed by atoms with Crippen LogP contribution < -0.4 is 4.74 Å². The molecule has 0 aliphatic carbocycles. The number of thiophene rings is 1. The average molecular weight is 435 g/mol. The van der Waals surface area contributed by atoms with Crippen molar-refractivity contribution in [3.8, 4) is 17.3 Å². The van der Waals surface area contributed by atoms with Crippen molar-refractivity contribution in [3.05, 3.63) is 64.7 Å². The van der Waals surface area contributed by atoms with Crippen molar-refractivity contribution in [1.82, 2.24) is 24.5 Å². The van der Waals surface area contributed by atoms with Gasteiger partial charge >= 0.3 is 0 Å². The zero-order valence-corrected chi connectivity index (χ0v) is 17.5. The van der Waals surface area contributed by atoms with Crippen molar-refractivity contribution in [2.75, 3.05) is 13.6 Å². The first-order chi connectivity index (χ1) is 15.1. The van der Waals surface area contributed by atoms with Gasteiger partial charge in [-0.25, -0.2) is 18.9 Å². The summed E-state index contributed by atoms with van der Waals surface area (Å²) in [6.45, 7) is 2.20. The molecule has 1 aromatic carbocycles. The van der Waals surface area contributed by atoms with Gasteiger partial charge in [0.2, 0.25) is 5.82 Å². The van der Waals surface area contributed by atoms with E-state index in [1.54, 1.807) is 34.3 Å². The predicted octanol–water partition coefficient (Wildman–Crippen LogP) is 4.31. The molecule has 0 atom stereocenters. The Hall–Kier alpha value is -3.30. The lowest BCUT2D eigenvalue weighted by Gasteiger charge is -2.21. The number of furan rings is 1. The third-order valence-corrected chi connectivity index (χ3v) is 6.57. The van der Waals surface area contributed by atoms with Gasteiger partial charge in [-0.2, -0.15) is 0 Å². The number of halogens is 1. The normalized spacial score (nSPS) is 14.4. The van der Waals surface area contributed by atoms with Crippen LogP contribution in [0.1, 0.15) is 16.2 Å². The number of likely N-dealkylation sites (N-methyl/N-ethyl adjacent to an activating group) is 1. The first kappa shape index (κ1) is 18.5. The maximum Gasteiger partial charge on any atom is 0.217 e. The van der Waals surface area contributed by atoms with Crippen LogP contribution in [0.25, 0.3) is 27.4 Å². The summed E-state index contributed by atoms with van der Waals surface area (Å²) >= 11 is 1.74. The minimum absolute atomic E-state index is 0.233. The molecule has 1 aliphatic heterocycles. The molecular weight excluding hydrogens is 417 g/mol. The summed E-state index contributed by atoms with van der Waals surface area (Å²) in [5, 5.41) is 5.68. The average Bonchev–Trinajstić information content (AvgIpc) is 3.48. The highest BCUT2D eigenvalue weighted by molar-refractivity contribution is 7.19. The lowest BCUT2D eigenvalue weighted by molar-refractivity contribution is 0.271. The second-order valence-electron chi connectivity index (χ2n) is 7.63. The molecule has 9 heteroatoms. The maximum atomic E-state index is 13.0. The topological polar surface area (TPSA) is 68.7 Å². The summed E-state index contributed by atoms with van der Waals surface area (Å²) in [7, 11) is 2.14. The molecule has 0 unspecified atom stereocenters. The molecule has 5 heterocycles. The lowest BCUT2D eigenvalue weighted by Crippen LogP contribution is -2.25. The summed E-state index contributed by atoms with van der Waals surface area (Å²) in [6.07, 6.45) is 2.70. The van der Waals surface area contributed by atoms with Gasteiger partial charge in [-0.1, -0.05) is 0 Å². The summed E-state index contributed by atoms with van der Waals surface area (Å²) in [4.78, 5) is 14.1. The van der Waals surface area contributed by atoms with Crippen LogP contribution in [0, 0.1) is 5.82 Å². The van der Waals surface area contributed by atoms with E-state index in [0.717, 1.165) is 35.4 Å². The summed E-state index contributed by atoms with van der Waals surface area (Å²) < 4.78 is 26.3. The van der Waals surface area contributed by atoms with Crippen molar-refractivity contribution in [2.24, 2.45) is 0 Å². The zero-order chi connectivity index (χ0) is 20.9. The van der Waals surface area contributed by atoms with Crippen LogP contribution in [0.3, 0.4) is 0 Å². The molecule has 0 saturated heterocycles. The molecule has 5 aromatic rings. The zero-order valence-electron chi connectivity index (χ0n) is 16.7. The second kappa shape index (κ2) is 7.14. The number of fused-ring (bicyclic) bond motifs is 5. The van der Waals surface area contributed by atoms with E-state index in [4.69, 9.17) is 14.1 Å². The Balaban J connectivity index is 1.31. The highest BCUT2D eigenvalue weighted by Crippen LogP contribution is 2.36. The van der Waals surface area contributed by atoms with E-state index in [-0.39, 0.29) is 12.4 Å². The maximum absolute atomic E-state index is 13.0. The number of hydrogen-bond acceptors (Lipinski definition) is 7. The van der Waals surface area contributed by atoms with Crippen LogP contribution in [0.2, 0.25) is 0 Å². The number of nitrogens with zero attached hydrogens (tertiary/aromatic N) is 5. The number of hydrogen-bond donors (Lipinski definition) is 0. The van der Waals surface area contributed by atoms with E-state index < -0.39 is 0 Å². The molecule has 1 aliphatic rings. The first-order valence-electron chi connectivity index (χ1n) is 9.96. The Bertz CT molecular complexity index is 1410. The molecule has 0 N–H and O–H groups in total. The molecule has 0 fully saturated rings. The largest absolute Gasteiger partial charge is 0.486 e. The highest BCUT2D eigenvalue weighted by atomic mass is 32.1. The van der Waals surface area contributed by atoms with E-state index in [1.807, 2.05) is 12.1 Å². The first-order valence-corrected chi connectivity index (χ1v) is 10.8. The van der Waals surface area contributed by atoms with Gasteiger partial charge in [0, 0.05) is 18.0 Å². The SMILES string of the molecule is CN1CCc2c(sc3ncn4nc(-c5ccc(COc6ccc(F)cc6)o5)nc4c23)C1. The van der Waals surface area contributed by atoms with Crippen LogP contribution >= 0.6 is 11.3 Å². The standard InChI is InChI=1S/C22H18FN5O2S/c1-27-9-8-16-18(10-27)31-22-19(16)21-25-20(26-28(21)12-24-22)17-7-6-15(30-17)11-29-14-4-2-13(23)3-5-14/h2-7,12H,8-11H2,1H3. The summed E-state index contributed by atoms with van der Waals surface area (Å²) in [5.41, 5.74) is 2.14. The van der Waals surface area contributed by atoms with Gasteiger partial charge in [0.05, 0.1) is 5.39 Å². The molecule has 0 radical (unpaired) electrons. The minimum atomic E-state index is -0.298. The van der Waals surface area contributed by atoms with Gasteiger partial charge < -0.3 is 14.1 Å². The molecule has 6 rings (SSSR count). The van der Waals surface area contributed by atoms with Crippen LogP contribution in [0.15, 0.2) is 47.1 Å². The van der Waals surface area contributed by atoms with Crippen LogP contribution in [0.4, 0.5) is 4.39 Å². The fourth-order valence-electron chi connectivity index (χ4n) is 3.89. The van der Waals surface area contributed by atoms with Crippen LogP contribution in [0.5, 0.6) is 5.75 Å². The molecule has 0 bridgehead atoms. The number of rotatable bonds is 4. The summed E-state index contributed by atoms with van der Waals surface area (Å²) in [6, 6.07) is 9.56.